The first kappa shape index (κ1) is 31.0. The van der Waals surface area contributed by atoms with Gasteiger partial charge in [0, 0.05) is 10.5 Å². The molecule has 3 heterocycles. The number of methoxy groups -OCH3 is 1. The molecule has 6 atom stereocenters. The van der Waals surface area contributed by atoms with Crippen molar-refractivity contribution in [3.63, 3.8) is 0 Å². The molecular weight excluding hydrogens is 595 g/mol. The predicted molar refractivity (Wildman–Crippen MR) is 170 cm³/mol. The number of imide groups is 1. The normalized spacial score (nSPS) is 27.2. The SMILES string of the molecule is COc1ccc(C2OC[C@H]3O[C@@H](Sc4ccccc4)[C@H](N4C(=O)c5ccccc5C4=O)[C@@H](O[Si](C)(C)C(C)(C)C)[C@@H]3O2)cc1. The zero-order valence-electron chi connectivity index (χ0n) is 25.9. The number of hydrogen-bond acceptors (Lipinski definition) is 8. The van der Waals surface area contributed by atoms with E-state index in [1.54, 1.807) is 31.4 Å². The minimum Gasteiger partial charge on any atom is -0.497 e. The molecule has 0 aromatic heterocycles. The molecule has 0 spiro atoms. The quantitative estimate of drug-likeness (QED) is 0.211. The van der Waals surface area contributed by atoms with Crippen LogP contribution >= 0.6 is 11.8 Å². The summed E-state index contributed by atoms with van der Waals surface area (Å²) in [7, 11) is -0.848. The summed E-state index contributed by atoms with van der Waals surface area (Å²) in [5.74, 6) is 0.0341. The maximum atomic E-state index is 14.0. The molecule has 3 aromatic carbocycles. The summed E-state index contributed by atoms with van der Waals surface area (Å²) in [4.78, 5) is 30.4. The number of nitrogens with zero attached hydrogens (tertiary/aromatic N) is 1. The van der Waals surface area contributed by atoms with Gasteiger partial charge in [-0.3, -0.25) is 14.5 Å². The van der Waals surface area contributed by atoms with Crippen molar-refractivity contribution in [3.05, 3.63) is 95.6 Å². The molecule has 0 aliphatic carbocycles. The van der Waals surface area contributed by atoms with Crippen molar-refractivity contribution in [3.8, 4) is 5.75 Å². The topological polar surface area (TPSA) is 83.5 Å². The Morgan fingerprint density at radius 1 is 0.864 bits per heavy atom. The van der Waals surface area contributed by atoms with Gasteiger partial charge >= 0.3 is 0 Å². The van der Waals surface area contributed by atoms with Crippen LogP contribution in [0.15, 0.2) is 83.8 Å². The van der Waals surface area contributed by atoms with Crippen LogP contribution in [0.25, 0.3) is 0 Å². The molecule has 8 nitrogen and oxygen atoms in total. The third-order valence-corrected chi connectivity index (χ3v) is 14.7. The Bertz CT molecular complexity index is 1480. The summed E-state index contributed by atoms with van der Waals surface area (Å²) >= 11 is 1.48. The molecule has 10 heteroatoms. The molecule has 6 rings (SSSR count). The number of thioether (sulfide) groups is 1. The van der Waals surface area contributed by atoms with Gasteiger partial charge in [-0.1, -0.05) is 75.0 Å². The smallest absolute Gasteiger partial charge is 0.262 e. The summed E-state index contributed by atoms with van der Waals surface area (Å²) in [5.41, 5.74) is 0.977. The van der Waals surface area contributed by atoms with Gasteiger partial charge in [0.25, 0.3) is 11.8 Å². The first-order chi connectivity index (χ1) is 21.0. The highest BCUT2D eigenvalue weighted by molar-refractivity contribution is 7.99. The van der Waals surface area contributed by atoms with Crippen molar-refractivity contribution in [1.29, 1.82) is 0 Å². The van der Waals surface area contributed by atoms with E-state index < -0.39 is 44.4 Å². The highest BCUT2D eigenvalue weighted by Crippen LogP contribution is 2.46. The minimum absolute atomic E-state index is 0.143. The van der Waals surface area contributed by atoms with E-state index in [4.69, 9.17) is 23.4 Å². The zero-order valence-corrected chi connectivity index (χ0v) is 27.7. The van der Waals surface area contributed by atoms with Gasteiger partial charge in [-0.05, 0) is 54.5 Å². The third kappa shape index (κ3) is 5.75. The number of fused-ring (bicyclic) bond motifs is 2. The van der Waals surface area contributed by atoms with Gasteiger partial charge in [-0.15, -0.1) is 0 Å². The van der Waals surface area contributed by atoms with Crippen LogP contribution in [0, 0.1) is 0 Å². The maximum absolute atomic E-state index is 14.0. The van der Waals surface area contributed by atoms with Gasteiger partial charge in [0.2, 0.25) is 0 Å². The molecule has 3 aliphatic heterocycles. The predicted octanol–water partition coefficient (Wildman–Crippen LogP) is 6.68. The van der Waals surface area contributed by atoms with Crippen molar-refractivity contribution in [2.45, 2.75) is 79.9 Å². The molecule has 3 aromatic rings. The number of amides is 2. The fourth-order valence-corrected chi connectivity index (χ4v) is 8.13. The highest BCUT2D eigenvalue weighted by Gasteiger charge is 2.58. The summed E-state index contributed by atoms with van der Waals surface area (Å²) in [6.07, 6.45) is -2.43. The van der Waals surface area contributed by atoms with Gasteiger partial charge in [0.15, 0.2) is 14.6 Å². The number of carbonyl (C=O) groups excluding carboxylic acids is 2. The van der Waals surface area contributed by atoms with Crippen molar-refractivity contribution in [2.75, 3.05) is 13.7 Å². The van der Waals surface area contributed by atoms with E-state index >= 15 is 0 Å². The Morgan fingerprint density at radius 2 is 1.48 bits per heavy atom. The fraction of sp³-hybridized carbons (Fsp3) is 0.412. The molecule has 0 bridgehead atoms. The van der Waals surface area contributed by atoms with E-state index in [2.05, 4.69) is 33.9 Å². The molecule has 2 amide bonds. The van der Waals surface area contributed by atoms with Crippen molar-refractivity contribution in [1.82, 2.24) is 4.90 Å². The van der Waals surface area contributed by atoms with Crippen LogP contribution in [0.1, 0.15) is 53.3 Å². The molecule has 0 saturated carbocycles. The molecule has 0 N–H and O–H groups in total. The van der Waals surface area contributed by atoms with Crippen LogP contribution in [0.2, 0.25) is 18.1 Å². The van der Waals surface area contributed by atoms with E-state index in [0.29, 0.717) is 11.1 Å². The van der Waals surface area contributed by atoms with Crippen molar-refractivity contribution in [2.24, 2.45) is 0 Å². The first-order valence-electron chi connectivity index (χ1n) is 14.9. The molecule has 232 valence electrons. The average molecular weight is 634 g/mol. The summed E-state index contributed by atoms with van der Waals surface area (Å²) < 4.78 is 32.2. The summed E-state index contributed by atoms with van der Waals surface area (Å²) in [6.45, 7) is 11.1. The Balaban J connectivity index is 1.44. The van der Waals surface area contributed by atoms with E-state index in [0.717, 1.165) is 16.2 Å². The molecular formula is C34H39NO7SSi. The lowest BCUT2D eigenvalue weighted by Gasteiger charge is -2.53. The number of benzene rings is 3. The van der Waals surface area contributed by atoms with Crippen LogP contribution in [-0.2, 0) is 18.6 Å². The Labute approximate surface area is 264 Å². The second kappa shape index (κ2) is 12.1. The monoisotopic (exact) mass is 633 g/mol. The molecule has 2 fully saturated rings. The third-order valence-electron chi connectivity index (χ3n) is 9.05. The van der Waals surface area contributed by atoms with Crippen LogP contribution < -0.4 is 4.74 Å². The van der Waals surface area contributed by atoms with Crippen LogP contribution in [0.3, 0.4) is 0 Å². The van der Waals surface area contributed by atoms with Gasteiger partial charge in [0.1, 0.15) is 29.4 Å². The lowest BCUT2D eigenvalue weighted by molar-refractivity contribution is -0.307. The highest BCUT2D eigenvalue weighted by atomic mass is 32.2. The number of rotatable bonds is 7. The van der Waals surface area contributed by atoms with Gasteiger partial charge in [0.05, 0.1) is 30.9 Å². The second-order valence-corrected chi connectivity index (χ2v) is 18.8. The van der Waals surface area contributed by atoms with Crippen molar-refractivity contribution >= 4 is 31.9 Å². The molecule has 1 unspecified atom stereocenters. The van der Waals surface area contributed by atoms with E-state index in [1.165, 1.54) is 16.7 Å². The standard InChI is InChI=1S/C34H39NO7SSi/c1-34(2,3)44(5,6)42-29-27(35-30(36)24-14-10-11-15-25(24)31(35)37)33(43-23-12-8-7-9-13-23)40-26-20-39-32(41-28(26)29)21-16-18-22(38-4)19-17-21/h7-19,26-29,32-33H,20H2,1-6H3/t26-,27-,28-,29-,32?,33+/m1/s1. The Kier molecular flexibility index (Phi) is 8.51. The lowest BCUT2D eigenvalue weighted by atomic mass is 9.95. The molecule has 0 radical (unpaired) electrons. The van der Waals surface area contributed by atoms with E-state index in [-0.39, 0.29) is 23.5 Å². The van der Waals surface area contributed by atoms with Gasteiger partial charge in [-0.25, -0.2) is 0 Å². The zero-order chi connectivity index (χ0) is 31.2. The number of carbonyl (C=O) groups is 2. The molecule has 3 aliphatic rings. The largest absolute Gasteiger partial charge is 0.497 e. The lowest BCUT2D eigenvalue weighted by Crippen LogP contribution is -2.69. The molecule has 44 heavy (non-hydrogen) atoms. The molecule has 2 saturated heterocycles. The average Bonchev–Trinajstić information content (AvgIpc) is 3.26. The van der Waals surface area contributed by atoms with Crippen LogP contribution in [-0.4, -0.2) is 68.5 Å². The summed E-state index contributed by atoms with van der Waals surface area (Å²) in [5, 5.41) is -0.143. The van der Waals surface area contributed by atoms with E-state index in [9.17, 15) is 9.59 Å². The second-order valence-electron chi connectivity index (χ2n) is 12.9. The maximum Gasteiger partial charge on any atom is 0.262 e. The fourth-order valence-electron chi connectivity index (χ4n) is 5.62. The minimum atomic E-state index is -2.47. The van der Waals surface area contributed by atoms with Crippen LogP contribution in [0.5, 0.6) is 5.75 Å². The number of ether oxygens (including phenoxy) is 4. The van der Waals surface area contributed by atoms with Gasteiger partial charge in [-0.2, -0.15) is 0 Å². The Hall–Kier alpha value is -2.99. The van der Waals surface area contributed by atoms with E-state index in [1.807, 2.05) is 54.6 Å². The van der Waals surface area contributed by atoms with Crippen molar-refractivity contribution < 1.29 is 33.0 Å². The first-order valence-corrected chi connectivity index (χ1v) is 18.7. The number of hydrogen-bond donors (Lipinski definition) is 0. The summed E-state index contributed by atoms with van der Waals surface area (Å²) in [6, 6.07) is 23.6. The van der Waals surface area contributed by atoms with Gasteiger partial charge < -0.3 is 23.4 Å². The Morgan fingerprint density at radius 3 is 2.07 bits per heavy atom. The van der Waals surface area contributed by atoms with Crippen LogP contribution in [0.4, 0.5) is 0 Å².